The summed E-state index contributed by atoms with van der Waals surface area (Å²) < 4.78 is 1.98. The van der Waals surface area contributed by atoms with Crippen molar-refractivity contribution in [1.82, 2.24) is 14.8 Å². The van der Waals surface area contributed by atoms with Gasteiger partial charge in [-0.2, -0.15) is 0 Å². The Morgan fingerprint density at radius 2 is 2.13 bits per heavy atom. The highest BCUT2D eigenvalue weighted by molar-refractivity contribution is 5.64. The molecule has 4 heteroatoms. The molecule has 0 spiro atoms. The van der Waals surface area contributed by atoms with Crippen molar-refractivity contribution in [2.24, 2.45) is 5.73 Å². The predicted molar refractivity (Wildman–Crippen MR) is 57.2 cm³/mol. The van der Waals surface area contributed by atoms with Crippen molar-refractivity contribution in [1.29, 1.82) is 0 Å². The summed E-state index contributed by atoms with van der Waals surface area (Å²) in [4.78, 5) is 0. The molecule has 4 nitrogen and oxygen atoms in total. The van der Waals surface area contributed by atoms with E-state index in [1.54, 1.807) is 6.33 Å². The van der Waals surface area contributed by atoms with Gasteiger partial charge in [0.15, 0.2) is 0 Å². The van der Waals surface area contributed by atoms with E-state index in [4.69, 9.17) is 5.73 Å². The molecule has 0 radical (unpaired) electrons. The van der Waals surface area contributed by atoms with Gasteiger partial charge in [0.05, 0.1) is 5.69 Å². The van der Waals surface area contributed by atoms with E-state index >= 15 is 0 Å². The first-order chi connectivity index (χ1) is 7.34. The van der Waals surface area contributed by atoms with E-state index in [1.807, 2.05) is 34.9 Å². The van der Waals surface area contributed by atoms with Gasteiger partial charge in [-0.3, -0.25) is 4.57 Å². The molecule has 0 amide bonds. The van der Waals surface area contributed by atoms with Crippen LogP contribution < -0.4 is 5.73 Å². The number of benzene rings is 1. The number of hydrogen-bond acceptors (Lipinski definition) is 3. The average Bonchev–Trinajstić information content (AvgIpc) is 2.62. The summed E-state index contributed by atoms with van der Waals surface area (Å²) in [5, 5.41) is 7.97. The fourth-order valence-electron chi connectivity index (χ4n) is 1.84. The highest BCUT2D eigenvalue weighted by atomic mass is 15.3. The fraction of sp³-hybridized carbons (Fsp3) is 0.0909. The molecule has 15 heavy (non-hydrogen) atoms. The Hall–Kier alpha value is -2.10. The molecule has 0 bridgehead atoms. The summed E-state index contributed by atoms with van der Waals surface area (Å²) in [6, 6.07) is 8.07. The molecule has 1 aliphatic rings. The molecule has 0 fully saturated rings. The number of para-hydroxylation sites is 1. The minimum absolute atomic E-state index is 0.648. The van der Waals surface area contributed by atoms with Gasteiger partial charge in [0.25, 0.3) is 0 Å². The standard InChI is InChI=1S/C11H10N4/c12-9-5-8-3-1-2-4-10(8)15-7-13-14-11(15)6-9/h1-5,7H,6,12H2. The first-order valence-corrected chi connectivity index (χ1v) is 4.79. The maximum Gasteiger partial charge on any atom is 0.143 e. The van der Waals surface area contributed by atoms with Crippen LogP contribution >= 0.6 is 0 Å². The molecule has 74 valence electrons. The second-order valence-electron chi connectivity index (χ2n) is 3.57. The Balaban J connectivity index is 2.34. The van der Waals surface area contributed by atoms with Crippen molar-refractivity contribution in [3.63, 3.8) is 0 Å². The SMILES string of the molecule is NC1=Cc2ccccc2-n2cnnc2C1. The van der Waals surface area contributed by atoms with E-state index in [2.05, 4.69) is 10.2 Å². The second-order valence-corrected chi connectivity index (χ2v) is 3.57. The van der Waals surface area contributed by atoms with Gasteiger partial charge in [0.1, 0.15) is 12.2 Å². The van der Waals surface area contributed by atoms with Crippen molar-refractivity contribution in [3.05, 3.63) is 47.7 Å². The van der Waals surface area contributed by atoms with Crippen molar-refractivity contribution >= 4 is 6.08 Å². The molecule has 0 aliphatic carbocycles. The van der Waals surface area contributed by atoms with Crippen LogP contribution in [0, 0.1) is 0 Å². The predicted octanol–water partition coefficient (Wildman–Crippen LogP) is 1.12. The molecule has 0 saturated heterocycles. The number of aromatic nitrogens is 3. The molecule has 0 saturated carbocycles. The molecule has 0 unspecified atom stereocenters. The third kappa shape index (κ3) is 1.22. The number of nitrogens with zero attached hydrogens (tertiary/aromatic N) is 3. The van der Waals surface area contributed by atoms with E-state index in [0.29, 0.717) is 6.42 Å². The molecule has 1 aromatic heterocycles. The van der Waals surface area contributed by atoms with E-state index < -0.39 is 0 Å². The summed E-state index contributed by atoms with van der Waals surface area (Å²) in [7, 11) is 0. The smallest absolute Gasteiger partial charge is 0.143 e. The van der Waals surface area contributed by atoms with Crippen LogP contribution in [0.25, 0.3) is 11.8 Å². The van der Waals surface area contributed by atoms with Gasteiger partial charge in [-0.25, -0.2) is 0 Å². The lowest BCUT2D eigenvalue weighted by molar-refractivity contribution is 0.899. The van der Waals surface area contributed by atoms with Gasteiger partial charge >= 0.3 is 0 Å². The summed E-state index contributed by atoms with van der Waals surface area (Å²) in [5.41, 5.74) is 8.90. The Labute approximate surface area is 87.1 Å². The van der Waals surface area contributed by atoms with E-state index in [1.165, 1.54) is 0 Å². The minimum atomic E-state index is 0.648. The first-order valence-electron chi connectivity index (χ1n) is 4.79. The Morgan fingerprint density at radius 3 is 3.07 bits per heavy atom. The number of nitrogens with two attached hydrogens (primary N) is 1. The molecule has 2 heterocycles. The monoisotopic (exact) mass is 198 g/mol. The van der Waals surface area contributed by atoms with Crippen molar-refractivity contribution in [2.75, 3.05) is 0 Å². The fourth-order valence-corrected chi connectivity index (χ4v) is 1.84. The molecule has 1 aromatic carbocycles. The molecular weight excluding hydrogens is 188 g/mol. The molecule has 0 atom stereocenters. The third-order valence-corrected chi connectivity index (χ3v) is 2.52. The van der Waals surface area contributed by atoms with Crippen molar-refractivity contribution < 1.29 is 0 Å². The number of hydrogen-bond donors (Lipinski definition) is 1. The zero-order chi connectivity index (χ0) is 10.3. The molecule has 3 rings (SSSR count). The van der Waals surface area contributed by atoms with Gasteiger partial charge in [-0.15, -0.1) is 10.2 Å². The second kappa shape index (κ2) is 2.95. The van der Waals surface area contributed by atoms with E-state index in [0.717, 1.165) is 22.8 Å². The quantitative estimate of drug-likeness (QED) is 0.690. The van der Waals surface area contributed by atoms with Gasteiger partial charge in [-0.1, -0.05) is 18.2 Å². The molecule has 1 aliphatic heterocycles. The van der Waals surface area contributed by atoms with E-state index in [-0.39, 0.29) is 0 Å². The Kier molecular flexibility index (Phi) is 1.62. The van der Waals surface area contributed by atoms with Crippen LogP contribution in [0.15, 0.2) is 36.3 Å². The largest absolute Gasteiger partial charge is 0.402 e. The lowest BCUT2D eigenvalue weighted by Gasteiger charge is -2.05. The number of allylic oxidation sites excluding steroid dienone is 1. The lowest BCUT2D eigenvalue weighted by Crippen LogP contribution is -2.04. The highest BCUT2D eigenvalue weighted by Gasteiger charge is 2.13. The van der Waals surface area contributed by atoms with Gasteiger partial charge in [0.2, 0.25) is 0 Å². The maximum atomic E-state index is 5.90. The van der Waals surface area contributed by atoms with Crippen LogP contribution in [0.4, 0.5) is 0 Å². The number of rotatable bonds is 0. The Bertz CT molecular complexity index is 539. The molecule has 2 aromatic rings. The van der Waals surface area contributed by atoms with Crippen LogP contribution in [-0.2, 0) is 6.42 Å². The Morgan fingerprint density at radius 1 is 1.27 bits per heavy atom. The summed E-state index contributed by atoms with van der Waals surface area (Å²) >= 11 is 0. The molecule has 2 N–H and O–H groups in total. The zero-order valence-electron chi connectivity index (χ0n) is 8.09. The van der Waals surface area contributed by atoms with Crippen molar-refractivity contribution in [2.45, 2.75) is 6.42 Å². The van der Waals surface area contributed by atoms with Crippen LogP contribution in [0.5, 0.6) is 0 Å². The topological polar surface area (TPSA) is 56.7 Å². The first kappa shape index (κ1) is 8.23. The zero-order valence-corrected chi connectivity index (χ0v) is 8.09. The van der Waals surface area contributed by atoms with Crippen LogP contribution in [0.3, 0.4) is 0 Å². The van der Waals surface area contributed by atoms with E-state index in [9.17, 15) is 0 Å². The highest BCUT2D eigenvalue weighted by Crippen LogP contribution is 2.22. The van der Waals surface area contributed by atoms with Gasteiger partial charge in [0, 0.05) is 17.7 Å². The number of fused-ring (bicyclic) bond motifs is 3. The minimum Gasteiger partial charge on any atom is -0.402 e. The van der Waals surface area contributed by atoms with Gasteiger partial charge < -0.3 is 5.73 Å². The van der Waals surface area contributed by atoms with Crippen LogP contribution in [0.2, 0.25) is 0 Å². The lowest BCUT2D eigenvalue weighted by atomic mass is 10.1. The third-order valence-electron chi connectivity index (χ3n) is 2.52. The molecular formula is C11H10N4. The summed E-state index contributed by atoms with van der Waals surface area (Å²) in [6.45, 7) is 0. The van der Waals surface area contributed by atoms with Crippen LogP contribution in [0.1, 0.15) is 11.4 Å². The van der Waals surface area contributed by atoms with Crippen LogP contribution in [-0.4, -0.2) is 14.8 Å². The average molecular weight is 198 g/mol. The van der Waals surface area contributed by atoms with Crippen molar-refractivity contribution in [3.8, 4) is 5.69 Å². The van der Waals surface area contributed by atoms with Gasteiger partial charge in [-0.05, 0) is 12.1 Å². The summed E-state index contributed by atoms with van der Waals surface area (Å²) in [5.74, 6) is 0.883. The summed E-state index contributed by atoms with van der Waals surface area (Å²) in [6.07, 6.45) is 4.36. The maximum absolute atomic E-state index is 5.90. The normalized spacial score (nSPS) is 13.7.